The van der Waals surface area contributed by atoms with E-state index in [0.717, 1.165) is 16.8 Å². The molecule has 134 valence electrons. The van der Waals surface area contributed by atoms with Gasteiger partial charge in [-0.3, -0.25) is 0 Å². The van der Waals surface area contributed by atoms with Crippen molar-refractivity contribution in [2.75, 3.05) is 18.5 Å². The van der Waals surface area contributed by atoms with Crippen LogP contribution in [0.3, 0.4) is 0 Å². The summed E-state index contributed by atoms with van der Waals surface area (Å²) in [4.78, 5) is 11.0. The van der Waals surface area contributed by atoms with Crippen molar-refractivity contribution in [2.45, 2.75) is 27.3 Å². The Kier molecular flexibility index (Phi) is 6.53. The minimum Gasteiger partial charge on any atom is -0.490 e. The number of nitrogens with one attached hydrogen (secondary N) is 1. The molecule has 0 spiro atoms. The number of benzene rings is 2. The van der Waals surface area contributed by atoms with E-state index in [1.165, 1.54) is 0 Å². The number of carbonyl (C=O) groups is 1. The maximum atomic E-state index is 11.0. The summed E-state index contributed by atoms with van der Waals surface area (Å²) in [6.07, 6.45) is 0. The lowest BCUT2D eigenvalue weighted by Crippen LogP contribution is -2.05. The molecule has 0 saturated heterocycles. The highest BCUT2D eigenvalue weighted by molar-refractivity contribution is 6.31. The van der Waals surface area contributed by atoms with Crippen LogP contribution in [0.15, 0.2) is 30.3 Å². The highest BCUT2D eigenvalue weighted by Gasteiger charge is 2.12. The van der Waals surface area contributed by atoms with Gasteiger partial charge >= 0.3 is 5.97 Å². The summed E-state index contributed by atoms with van der Waals surface area (Å²) >= 11 is 6.36. The maximum absolute atomic E-state index is 11.0. The summed E-state index contributed by atoms with van der Waals surface area (Å²) in [6, 6.07) is 8.59. The second kappa shape index (κ2) is 8.62. The average molecular weight is 364 g/mol. The molecule has 0 atom stereocenters. The van der Waals surface area contributed by atoms with Crippen molar-refractivity contribution in [3.63, 3.8) is 0 Å². The number of aryl methyl sites for hydroxylation is 1. The summed E-state index contributed by atoms with van der Waals surface area (Å²) < 4.78 is 11.2. The molecule has 2 N–H and O–H groups in total. The second-order valence-electron chi connectivity index (χ2n) is 5.44. The minimum atomic E-state index is -0.939. The van der Waals surface area contributed by atoms with E-state index in [1.54, 1.807) is 24.3 Å². The van der Waals surface area contributed by atoms with Gasteiger partial charge < -0.3 is 19.9 Å². The van der Waals surface area contributed by atoms with Crippen LogP contribution in [0.4, 0.5) is 5.69 Å². The molecule has 0 aliphatic carbocycles. The first-order valence-electron chi connectivity index (χ1n) is 8.12. The zero-order valence-corrected chi connectivity index (χ0v) is 15.3. The largest absolute Gasteiger partial charge is 0.490 e. The highest BCUT2D eigenvalue weighted by Crippen LogP contribution is 2.34. The first-order valence-corrected chi connectivity index (χ1v) is 8.49. The first kappa shape index (κ1) is 18.9. The number of rotatable bonds is 8. The molecule has 0 bridgehead atoms. The molecule has 0 aliphatic rings. The Morgan fingerprint density at radius 3 is 2.32 bits per heavy atom. The summed E-state index contributed by atoms with van der Waals surface area (Å²) in [5.74, 6) is 0.342. The molecule has 25 heavy (non-hydrogen) atoms. The molecule has 0 aliphatic heterocycles. The van der Waals surface area contributed by atoms with E-state index in [-0.39, 0.29) is 5.56 Å². The fraction of sp³-hybridized carbons (Fsp3) is 0.316. The van der Waals surface area contributed by atoms with E-state index >= 15 is 0 Å². The van der Waals surface area contributed by atoms with E-state index in [4.69, 9.17) is 26.2 Å². The normalized spacial score (nSPS) is 10.4. The van der Waals surface area contributed by atoms with Gasteiger partial charge in [-0.1, -0.05) is 11.6 Å². The SMILES string of the molecule is CCOc1cc(Cl)c(CNc2ccc(C(=O)O)cc2C)cc1OCC. The Morgan fingerprint density at radius 1 is 1.12 bits per heavy atom. The summed E-state index contributed by atoms with van der Waals surface area (Å²) in [5.41, 5.74) is 2.84. The van der Waals surface area contributed by atoms with Crippen LogP contribution in [0, 0.1) is 6.92 Å². The Labute approximate surface area is 152 Å². The number of ether oxygens (including phenoxy) is 2. The lowest BCUT2D eigenvalue weighted by Gasteiger charge is -2.15. The summed E-state index contributed by atoms with van der Waals surface area (Å²) in [5, 5.41) is 12.9. The molecule has 0 fully saturated rings. The number of aromatic carboxylic acids is 1. The maximum Gasteiger partial charge on any atom is 0.335 e. The highest BCUT2D eigenvalue weighted by atomic mass is 35.5. The van der Waals surface area contributed by atoms with Crippen LogP contribution in [-0.4, -0.2) is 24.3 Å². The molecule has 0 unspecified atom stereocenters. The van der Waals surface area contributed by atoms with Gasteiger partial charge in [-0.05, 0) is 56.2 Å². The Balaban J connectivity index is 2.20. The lowest BCUT2D eigenvalue weighted by atomic mass is 10.1. The van der Waals surface area contributed by atoms with Crippen molar-refractivity contribution in [1.82, 2.24) is 0 Å². The third-order valence-electron chi connectivity index (χ3n) is 3.66. The molecule has 6 heteroatoms. The predicted octanol–water partition coefficient (Wildman–Crippen LogP) is 4.76. The molecule has 2 aromatic rings. The summed E-state index contributed by atoms with van der Waals surface area (Å²) in [7, 11) is 0. The van der Waals surface area contributed by atoms with Crippen molar-refractivity contribution in [3.05, 3.63) is 52.0 Å². The molecule has 0 amide bonds. The second-order valence-corrected chi connectivity index (χ2v) is 5.85. The van der Waals surface area contributed by atoms with Gasteiger partial charge in [0.2, 0.25) is 0 Å². The predicted molar refractivity (Wildman–Crippen MR) is 99.3 cm³/mol. The molecular weight excluding hydrogens is 342 g/mol. The molecule has 0 heterocycles. The number of hydrogen-bond donors (Lipinski definition) is 2. The number of halogens is 1. The number of carboxylic acids is 1. The fourth-order valence-electron chi connectivity index (χ4n) is 2.43. The van der Waals surface area contributed by atoms with Gasteiger partial charge in [0.05, 0.1) is 18.8 Å². The van der Waals surface area contributed by atoms with E-state index in [2.05, 4.69) is 5.32 Å². The minimum absolute atomic E-state index is 0.265. The molecular formula is C19H22ClNO4. The van der Waals surface area contributed by atoms with E-state index in [0.29, 0.717) is 36.3 Å². The van der Waals surface area contributed by atoms with E-state index < -0.39 is 5.97 Å². The molecule has 0 aromatic heterocycles. The lowest BCUT2D eigenvalue weighted by molar-refractivity contribution is 0.0697. The number of anilines is 1. The van der Waals surface area contributed by atoms with Crippen LogP contribution in [0.2, 0.25) is 5.02 Å². The quantitative estimate of drug-likeness (QED) is 0.708. The number of hydrogen-bond acceptors (Lipinski definition) is 4. The fourth-order valence-corrected chi connectivity index (χ4v) is 2.66. The van der Waals surface area contributed by atoms with Crippen molar-refractivity contribution in [1.29, 1.82) is 0 Å². The smallest absolute Gasteiger partial charge is 0.335 e. The monoisotopic (exact) mass is 363 g/mol. The van der Waals surface area contributed by atoms with Crippen molar-refractivity contribution in [2.24, 2.45) is 0 Å². The zero-order chi connectivity index (χ0) is 18.4. The van der Waals surface area contributed by atoms with Gasteiger partial charge in [-0.2, -0.15) is 0 Å². The van der Waals surface area contributed by atoms with Gasteiger partial charge in [0, 0.05) is 23.3 Å². The van der Waals surface area contributed by atoms with Gasteiger partial charge in [0.1, 0.15) is 0 Å². The van der Waals surface area contributed by atoms with Crippen LogP contribution in [0.1, 0.15) is 35.3 Å². The molecule has 0 radical (unpaired) electrons. The molecule has 0 saturated carbocycles. The number of carboxylic acid groups (broad SMARTS) is 1. The molecule has 2 aromatic carbocycles. The van der Waals surface area contributed by atoms with Crippen LogP contribution < -0.4 is 14.8 Å². The summed E-state index contributed by atoms with van der Waals surface area (Å²) in [6.45, 7) is 7.23. The van der Waals surface area contributed by atoms with Gasteiger partial charge in [0.15, 0.2) is 11.5 Å². The van der Waals surface area contributed by atoms with Crippen molar-refractivity contribution in [3.8, 4) is 11.5 Å². The zero-order valence-electron chi connectivity index (χ0n) is 14.6. The van der Waals surface area contributed by atoms with E-state index in [9.17, 15) is 4.79 Å². The Morgan fingerprint density at radius 2 is 1.76 bits per heavy atom. The first-order chi connectivity index (χ1) is 12.0. The van der Waals surface area contributed by atoms with Crippen molar-refractivity contribution >= 4 is 23.3 Å². The Bertz CT molecular complexity index is 761. The van der Waals surface area contributed by atoms with Crippen LogP contribution in [-0.2, 0) is 6.54 Å². The van der Waals surface area contributed by atoms with Gasteiger partial charge in [-0.25, -0.2) is 4.79 Å². The topological polar surface area (TPSA) is 67.8 Å². The molecule has 2 rings (SSSR count). The molecule has 5 nitrogen and oxygen atoms in total. The van der Waals surface area contributed by atoms with Gasteiger partial charge in [-0.15, -0.1) is 0 Å². The standard InChI is InChI=1S/C19H22ClNO4/c1-4-24-17-9-14(15(20)10-18(17)25-5-2)11-21-16-7-6-13(19(22)23)8-12(16)3/h6-10,21H,4-5,11H2,1-3H3,(H,22,23). The van der Waals surface area contributed by atoms with Crippen LogP contribution in [0.5, 0.6) is 11.5 Å². The van der Waals surface area contributed by atoms with E-state index in [1.807, 2.05) is 26.8 Å². The van der Waals surface area contributed by atoms with Crippen molar-refractivity contribution < 1.29 is 19.4 Å². The Hall–Kier alpha value is -2.40. The van der Waals surface area contributed by atoms with Crippen LogP contribution >= 0.6 is 11.6 Å². The third-order valence-corrected chi connectivity index (χ3v) is 4.01. The third kappa shape index (κ3) is 4.79. The van der Waals surface area contributed by atoms with Crippen LogP contribution in [0.25, 0.3) is 0 Å². The van der Waals surface area contributed by atoms with Gasteiger partial charge in [0.25, 0.3) is 0 Å². The average Bonchev–Trinajstić information content (AvgIpc) is 2.57.